The zero-order valence-corrected chi connectivity index (χ0v) is 18.4. The molecule has 0 atom stereocenters. The lowest BCUT2D eigenvalue weighted by Crippen LogP contribution is -2.53. The van der Waals surface area contributed by atoms with Gasteiger partial charge in [0, 0.05) is 10.9 Å². The van der Waals surface area contributed by atoms with Gasteiger partial charge < -0.3 is 19.5 Å². The minimum absolute atomic E-state index is 0.322. The van der Waals surface area contributed by atoms with Gasteiger partial charge in [-0.1, -0.05) is 31.0 Å². The van der Waals surface area contributed by atoms with Crippen LogP contribution in [0.5, 0.6) is 11.5 Å². The fourth-order valence-corrected chi connectivity index (χ4v) is 4.35. The molecule has 7 nitrogen and oxygen atoms in total. The van der Waals surface area contributed by atoms with Gasteiger partial charge >= 0.3 is 5.97 Å². The Balaban J connectivity index is 1.79. The second-order valence-corrected chi connectivity index (χ2v) is 7.88. The van der Waals surface area contributed by atoms with Gasteiger partial charge in [-0.05, 0) is 43.2 Å². The Hall–Kier alpha value is -3.61. The lowest BCUT2D eigenvalue weighted by atomic mass is 9.96. The topological polar surface area (TPSA) is 86.8 Å². The summed E-state index contributed by atoms with van der Waals surface area (Å²) in [4.78, 5) is 30.7. The molecule has 1 aliphatic rings. The molecule has 166 valence electrons. The average molecular weight is 434 g/mol. The summed E-state index contributed by atoms with van der Waals surface area (Å²) in [5.41, 5.74) is 1.55. The molecule has 1 aliphatic carbocycles. The van der Waals surface area contributed by atoms with Gasteiger partial charge in [0.25, 0.3) is 5.91 Å². The summed E-state index contributed by atoms with van der Waals surface area (Å²) >= 11 is 0. The van der Waals surface area contributed by atoms with Crippen molar-refractivity contribution in [2.45, 2.75) is 31.2 Å². The van der Waals surface area contributed by atoms with E-state index >= 15 is 0 Å². The van der Waals surface area contributed by atoms with Crippen LogP contribution < -0.4 is 14.8 Å². The normalized spacial score (nSPS) is 14.7. The summed E-state index contributed by atoms with van der Waals surface area (Å²) in [7, 11) is 4.50. The monoisotopic (exact) mass is 434 g/mol. The molecule has 1 aromatic heterocycles. The van der Waals surface area contributed by atoms with Gasteiger partial charge in [-0.25, -0.2) is 9.78 Å². The number of nitrogens with zero attached hydrogens (tertiary/aromatic N) is 1. The van der Waals surface area contributed by atoms with Crippen LogP contribution in [0.1, 0.15) is 36.0 Å². The molecule has 32 heavy (non-hydrogen) atoms. The zero-order chi connectivity index (χ0) is 22.7. The number of carbonyl (C=O) groups is 2. The number of pyridine rings is 1. The molecule has 0 unspecified atom stereocenters. The van der Waals surface area contributed by atoms with Gasteiger partial charge in [0.2, 0.25) is 0 Å². The van der Waals surface area contributed by atoms with Gasteiger partial charge in [-0.15, -0.1) is 0 Å². The molecule has 1 amide bonds. The minimum Gasteiger partial charge on any atom is -0.493 e. The van der Waals surface area contributed by atoms with Crippen molar-refractivity contribution in [2.75, 3.05) is 21.3 Å². The molecule has 4 rings (SSSR count). The number of hydrogen-bond donors (Lipinski definition) is 1. The molecule has 1 saturated carbocycles. The summed E-state index contributed by atoms with van der Waals surface area (Å²) < 4.78 is 15.8. The summed E-state index contributed by atoms with van der Waals surface area (Å²) in [5.74, 6) is 0.456. The molecule has 2 aromatic carbocycles. The van der Waals surface area contributed by atoms with Crippen LogP contribution in [0.15, 0.2) is 48.5 Å². The minimum atomic E-state index is -0.986. The number of esters is 1. The number of fused-ring (bicyclic) bond motifs is 1. The molecule has 0 saturated heterocycles. The first-order valence-electron chi connectivity index (χ1n) is 10.5. The van der Waals surface area contributed by atoms with E-state index < -0.39 is 11.5 Å². The summed E-state index contributed by atoms with van der Waals surface area (Å²) in [6, 6.07) is 14.7. The smallest absolute Gasteiger partial charge is 0.331 e. The summed E-state index contributed by atoms with van der Waals surface area (Å²) in [6.07, 6.45) is 2.86. The zero-order valence-electron chi connectivity index (χ0n) is 18.4. The highest BCUT2D eigenvalue weighted by Gasteiger charge is 2.43. The molecule has 0 aliphatic heterocycles. The Morgan fingerprint density at radius 1 is 0.938 bits per heavy atom. The maximum atomic E-state index is 13.5. The number of aromatic nitrogens is 1. The van der Waals surface area contributed by atoms with E-state index in [9.17, 15) is 9.59 Å². The van der Waals surface area contributed by atoms with Crippen molar-refractivity contribution in [3.63, 3.8) is 0 Å². The number of hydrogen-bond acceptors (Lipinski definition) is 6. The van der Waals surface area contributed by atoms with Crippen LogP contribution in [0.3, 0.4) is 0 Å². The number of rotatable bonds is 6. The predicted octanol–water partition coefficient (Wildman–Crippen LogP) is 4.13. The van der Waals surface area contributed by atoms with Crippen LogP contribution in [0.4, 0.5) is 0 Å². The Labute approximate surface area is 186 Å². The number of benzene rings is 2. The van der Waals surface area contributed by atoms with E-state index in [4.69, 9.17) is 19.2 Å². The van der Waals surface area contributed by atoms with Crippen molar-refractivity contribution >= 4 is 22.8 Å². The Kier molecular flexibility index (Phi) is 5.99. The molecule has 1 N–H and O–H groups in total. The highest BCUT2D eigenvalue weighted by molar-refractivity contribution is 6.08. The first-order valence-corrected chi connectivity index (χ1v) is 10.5. The lowest BCUT2D eigenvalue weighted by molar-refractivity contribution is -0.148. The fourth-order valence-electron chi connectivity index (χ4n) is 4.35. The molecular formula is C25H26N2O5. The first kappa shape index (κ1) is 21.6. The highest BCUT2D eigenvalue weighted by Crippen LogP contribution is 2.34. The number of nitrogens with one attached hydrogen (secondary N) is 1. The van der Waals surface area contributed by atoms with E-state index in [1.54, 1.807) is 26.4 Å². The lowest BCUT2D eigenvalue weighted by Gasteiger charge is -2.27. The molecule has 0 bridgehead atoms. The van der Waals surface area contributed by atoms with Crippen molar-refractivity contribution in [1.29, 1.82) is 0 Å². The largest absolute Gasteiger partial charge is 0.493 e. The number of para-hydroxylation sites is 1. The second kappa shape index (κ2) is 8.86. The molecule has 0 radical (unpaired) electrons. The molecule has 3 aromatic rings. The fraction of sp³-hybridized carbons (Fsp3) is 0.320. The standard InChI is InChI=1S/C25H26N2O5/c1-30-21-11-10-16(14-22(21)31-2)20-15-18(17-8-4-5-9-19(17)26-20)23(28)27-25(24(29)32-3)12-6-7-13-25/h4-5,8-11,14-15H,6-7,12-13H2,1-3H3,(H,27,28). The van der Waals surface area contributed by atoms with Crippen LogP contribution in [-0.4, -0.2) is 43.7 Å². The third-order valence-corrected chi connectivity index (χ3v) is 6.03. The van der Waals surface area contributed by atoms with Crippen LogP contribution in [0.25, 0.3) is 22.2 Å². The van der Waals surface area contributed by atoms with Crippen molar-refractivity contribution in [3.8, 4) is 22.8 Å². The maximum Gasteiger partial charge on any atom is 0.331 e. The molecule has 1 fully saturated rings. The van der Waals surface area contributed by atoms with E-state index in [1.807, 2.05) is 36.4 Å². The second-order valence-electron chi connectivity index (χ2n) is 7.88. The van der Waals surface area contributed by atoms with Crippen LogP contribution >= 0.6 is 0 Å². The maximum absolute atomic E-state index is 13.5. The third-order valence-electron chi connectivity index (χ3n) is 6.03. The summed E-state index contributed by atoms with van der Waals surface area (Å²) in [5, 5.41) is 3.70. The van der Waals surface area contributed by atoms with Crippen LogP contribution in [0, 0.1) is 0 Å². The molecule has 7 heteroatoms. The predicted molar refractivity (Wildman–Crippen MR) is 121 cm³/mol. The Morgan fingerprint density at radius 2 is 1.66 bits per heavy atom. The Morgan fingerprint density at radius 3 is 2.34 bits per heavy atom. The van der Waals surface area contributed by atoms with Gasteiger partial charge in [-0.2, -0.15) is 0 Å². The quantitative estimate of drug-likeness (QED) is 0.587. The number of methoxy groups -OCH3 is 3. The Bertz CT molecular complexity index is 1170. The average Bonchev–Trinajstić information content (AvgIpc) is 3.31. The number of amides is 1. The van der Waals surface area contributed by atoms with Crippen molar-refractivity contribution in [3.05, 3.63) is 54.1 Å². The van der Waals surface area contributed by atoms with E-state index in [1.165, 1.54) is 7.11 Å². The van der Waals surface area contributed by atoms with Crippen molar-refractivity contribution in [2.24, 2.45) is 0 Å². The van der Waals surface area contributed by atoms with Gasteiger partial charge in [-0.3, -0.25) is 4.79 Å². The van der Waals surface area contributed by atoms with E-state index in [0.717, 1.165) is 18.4 Å². The van der Waals surface area contributed by atoms with Crippen molar-refractivity contribution < 1.29 is 23.8 Å². The molecule has 0 spiro atoms. The summed E-state index contributed by atoms with van der Waals surface area (Å²) in [6.45, 7) is 0. The van der Waals surface area contributed by atoms with Crippen LogP contribution in [-0.2, 0) is 9.53 Å². The SMILES string of the molecule is COC(=O)C1(NC(=O)c2cc(-c3ccc(OC)c(OC)c3)nc3ccccc23)CCCC1. The van der Waals surface area contributed by atoms with Crippen molar-refractivity contribution in [1.82, 2.24) is 10.3 Å². The van der Waals surface area contributed by atoms with Gasteiger partial charge in [0.15, 0.2) is 11.5 Å². The number of ether oxygens (including phenoxy) is 3. The highest BCUT2D eigenvalue weighted by atomic mass is 16.5. The van der Waals surface area contributed by atoms with Gasteiger partial charge in [0.05, 0.1) is 38.1 Å². The third kappa shape index (κ3) is 3.86. The first-order chi connectivity index (χ1) is 15.5. The van der Waals surface area contributed by atoms with E-state index in [2.05, 4.69) is 5.32 Å². The van der Waals surface area contributed by atoms with Gasteiger partial charge in [0.1, 0.15) is 5.54 Å². The molecule has 1 heterocycles. The van der Waals surface area contributed by atoms with E-state index in [0.29, 0.717) is 46.5 Å². The number of carbonyl (C=O) groups excluding carboxylic acids is 2. The van der Waals surface area contributed by atoms with Crippen LogP contribution in [0.2, 0.25) is 0 Å². The van der Waals surface area contributed by atoms with E-state index in [-0.39, 0.29) is 5.91 Å². The molecular weight excluding hydrogens is 408 g/mol.